The van der Waals surface area contributed by atoms with Crippen LogP contribution in [0.5, 0.6) is 0 Å². The minimum Gasteiger partial charge on any atom is -0.376 e. The van der Waals surface area contributed by atoms with Gasteiger partial charge < -0.3 is 15.4 Å². The molecule has 1 aliphatic carbocycles. The van der Waals surface area contributed by atoms with Crippen LogP contribution in [0.4, 0.5) is 0 Å². The zero-order chi connectivity index (χ0) is 12.3. The van der Waals surface area contributed by atoms with Gasteiger partial charge in [-0.15, -0.1) is 6.58 Å². The van der Waals surface area contributed by atoms with E-state index in [0.29, 0.717) is 32.3 Å². The van der Waals surface area contributed by atoms with Crippen LogP contribution >= 0.6 is 0 Å². The first-order valence-electron chi connectivity index (χ1n) is 6.53. The van der Waals surface area contributed by atoms with E-state index in [1.165, 1.54) is 32.1 Å². The third-order valence-electron chi connectivity index (χ3n) is 2.90. The van der Waals surface area contributed by atoms with Gasteiger partial charge in [0.2, 0.25) is 5.91 Å². The van der Waals surface area contributed by atoms with Gasteiger partial charge in [-0.05, 0) is 12.8 Å². The summed E-state index contributed by atoms with van der Waals surface area (Å²) in [6, 6.07) is 0. The maximum atomic E-state index is 11.3. The molecule has 4 nitrogen and oxygen atoms in total. The smallest absolute Gasteiger partial charge is 0.234 e. The van der Waals surface area contributed by atoms with Gasteiger partial charge in [0.15, 0.2) is 0 Å². The lowest BCUT2D eigenvalue weighted by molar-refractivity contribution is -0.120. The Bertz CT molecular complexity index is 225. The van der Waals surface area contributed by atoms with E-state index < -0.39 is 0 Å². The second-order valence-corrected chi connectivity index (χ2v) is 4.40. The fraction of sp³-hybridized carbons (Fsp3) is 0.769. The van der Waals surface area contributed by atoms with Crippen LogP contribution in [0.1, 0.15) is 32.1 Å². The number of amides is 1. The molecule has 0 aromatic heterocycles. The van der Waals surface area contributed by atoms with Crippen LogP contribution in [-0.2, 0) is 9.53 Å². The molecule has 0 spiro atoms. The van der Waals surface area contributed by atoms with Crippen LogP contribution in [-0.4, -0.2) is 38.3 Å². The largest absolute Gasteiger partial charge is 0.376 e. The van der Waals surface area contributed by atoms with Gasteiger partial charge >= 0.3 is 0 Å². The summed E-state index contributed by atoms with van der Waals surface area (Å²) >= 11 is 0. The molecule has 1 saturated carbocycles. The maximum absolute atomic E-state index is 11.3. The van der Waals surface area contributed by atoms with E-state index in [-0.39, 0.29) is 5.91 Å². The molecular formula is C13H24N2O2. The number of ether oxygens (including phenoxy) is 1. The van der Waals surface area contributed by atoms with Gasteiger partial charge in [0, 0.05) is 13.1 Å². The van der Waals surface area contributed by atoms with Crippen molar-refractivity contribution in [3.8, 4) is 0 Å². The van der Waals surface area contributed by atoms with Crippen molar-refractivity contribution in [3.63, 3.8) is 0 Å². The molecule has 0 aromatic rings. The van der Waals surface area contributed by atoms with Crippen molar-refractivity contribution in [3.05, 3.63) is 12.7 Å². The van der Waals surface area contributed by atoms with Crippen LogP contribution in [0.3, 0.4) is 0 Å². The van der Waals surface area contributed by atoms with E-state index in [0.717, 1.165) is 0 Å². The predicted molar refractivity (Wildman–Crippen MR) is 68.9 cm³/mol. The molecule has 0 aromatic carbocycles. The minimum atomic E-state index is 0.0131. The Kier molecular flexibility index (Phi) is 7.67. The maximum Gasteiger partial charge on any atom is 0.234 e. The Morgan fingerprint density at radius 3 is 2.82 bits per heavy atom. The number of carbonyl (C=O) groups excluding carboxylic acids is 1. The standard InChI is InChI=1S/C13H24N2O2/c1-2-8-14-11-13(16)15-9-10-17-12-6-4-3-5-7-12/h2,12,14H,1,3-11H2,(H,15,16). The van der Waals surface area contributed by atoms with Gasteiger partial charge in [-0.1, -0.05) is 25.3 Å². The molecule has 2 N–H and O–H groups in total. The Morgan fingerprint density at radius 1 is 1.35 bits per heavy atom. The van der Waals surface area contributed by atoms with Gasteiger partial charge in [-0.25, -0.2) is 0 Å². The van der Waals surface area contributed by atoms with Crippen LogP contribution in [0.2, 0.25) is 0 Å². The second kappa shape index (κ2) is 9.19. The zero-order valence-electron chi connectivity index (χ0n) is 10.5. The molecular weight excluding hydrogens is 216 g/mol. The van der Waals surface area contributed by atoms with Gasteiger partial charge in [0.05, 0.1) is 19.3 Å². The number of carbonyl (C=O) groups is 1. The molecule has 0 radical (unpaired) electrons. The third-order valence-corrected chi connectivity index (χ3v) is 2.90. The van der Waals surface area contributed by atoms with Crippen molar-refractivity contribution in [2.24, 2.45) is 0 Å². The van der Waals surface area contributed by atoms with E-state index in [1.807, 2.05) is 0 Å². The summed E-state index contributed by atoms with van der Waals surface area (Å²) in [5, 5.41) is 5.77. The molecule has 1 aliphatic rings. The lowest BCUT2D eigenvalue weighted by Crippen LogP contribution is -2.36. The van der Waals surface area contributed by atoms with Crippen molar-refractivity contribution in [2.45, 2.75) is 38.2 Å². The number of hydrogen-bond donors (Lipinski definition) is 2. The minimum absolute atomic E-state index is 0.0131. The molecule has 98 valence electrons. The molecule has 0 saturated heterocycles. The predicted octanol–water partition coefficient (Wildman–Crippen LogP) is 1.23. The van der Waals surface area contributed by atoms with Crippen molar-refractivity contribution in [1.29, 1.82) is 0 Å². The molecule has 1 rings (SSSR count). The molecule has 0 unspecified atom stereocenters. The first kappa shape index (κ1) is 14.2. The Hall–Kier alpha value is -0.870. The second-order valence-electron chi connectivity index (χ2n) is 4.40. The number of hydrogen-bond acceptors (Lipinski definition) is 3. The fourth-order valence-electron chi connectivity index (χ4n) is 2.00. The fourth-order valence-corrected chi connectivity index (χ4v) is 2.00. The SMILES string of the molecule is C=CCNCC(=O)NCCOC1CCCCC1. The monoisotopic (exact) mass is 240 g/mol. The normalized spacial score (nSPS) is 16.7. The molecule has 1 amide bonds. The van der Waals surface area contributed by atoms with Crippen LogP contribution < -0.4 is 10.6 Å². The molecule has 4 heteroatoms. The molecule has 1 fully saturated rings. The molecule has 0 aliphatic heterocycles. The van der Waals surface area contributed by atoms with Gasteiger partial charge in [0.25, 0.3) is 0 Å². The summed E-state index contributed by atoms with van der Waals surface area (Å²) in [5.41, 5.74) is 0. The van der Waals surface area contributed by atoms with Crippen molar-refractivity contribution >= 4 is 5.91 Å². The topological polar surface area (TPSA) is 50.4 Å². The first-order chi connectivity index (χ1) is 8.33. The van der Waals surface area contributed by atoms with E-state index in [2.05, 4.69) is 17.2 Å². The Labute approximate surface area is 104 Å². The quantitative estimate of drug-likeness (QED) is 0.495. The van der Waals surface area contributed by atoms with Crippen molar-refractivity contribution < 1.29 is 9.53 Å². The lowest BCUT2D eigenvalue weighted by atomic mass is 9.98. The van der Waals surface area contributed by atoms with Crippen LogP contribution in [0, 0.1) is 0 Å². The van der Waals surface area contributed by atoms with E-state index in [4.69, 9.17) is 4.74 Å². The third kappa shape index (κ3) is 7.13. The average Bonchev–Trinajstić information content (AvgIpc) is 2.36. The molecule has 0 atom stereocenters. The van der Waals surface area contributed by atoms with Crippen LogP contribution in [0.15, 0.2) is 12.7 Å². The first-order valence-corrected chi connectivity index (χ1v) is 6.53. The molecule has 0 bridgehead atoms. The summed E-state index contributed by atoms with van der Waals surface area (Å²) < 4.78 is 5.71. The summed E-state index contributed by atoms with van der Waals surface area (Å²) in [5.74, 6) is 0.0131. The Morgan fingerprint density at radius 2 is 2.12 bits per heavy atom. The highest BCUT2D eigenvalue weighted by molar-refractivity contribution is 5.77. The van der Waals surface area contributed by atoms with Crippen molar-refractivity contribution in [1.82, 2.24) is 10.6 Å². The summed E-state index contributed by atoms with van der Waals surface area (Å²) in [6.07, 6.45) is 8.40. The molecule has 0 heterocycles. The number of rotatable bonds is 8. The van der Waals surface area contributed by atoms with Gasteiger partial charge in [0.1, 0.15) is 0 Å². The van der Waals surface area contributed by atoms with Crippen molar-refractivity contribution in [2.75, 3.05) is 26.2 Å². The van der Waals surface area contributed by atoms with E-state index in [1.54, 1.807) is 6.08 Å². The lowest BCUT2D eigenvalue weighted by Gasteiger charge is -2.21. The van der Waals surface area contributed by atoms with Crippen LogP contribution in [0.25, 0.3) is 0 Å². The highest BCUT2D eigenvalue weighted by atomic mass is 16.5. The highest BCUT2D eigenvalue weighted by Gasteiger charge is 2.13. The van der Waals surface area contributed by atoms with E-state index >= 15 is 0 Å². The highest BCUT2D eigenvalue weighted by Crippen LogP contribution is 2.19. The zero-order valence-corrected chi connectivity index (χ0v) is 10.5. The number of nitrogens with one attached hydrogen (secondary N) is 2. The summed E-state index contributed by atoms with van der Waals surface area (Å²) in [4.78, 5) is 11.3. The average molecular weight is 240 g/mol. The van der Waals surface area contributed by atoms with Gasteiger partial charge in [-0.3, -0.25) is 4.79 Å². The Balaban J connectivity index is 1.92. The summed E-state index contributed by atoms with van der Waals surface area (Å²) in [6.45, 7) is 5.80. The van der Waals surface area contributed by atoms with Gasteiger partial charge in [-0.2, -0.15) is 0 Å². The van der Waals surface area contributed by atoms with E-state index in [9.17, 15) is 4.79 Å². The molecule has 17 heavy (non-hydrogen) atoms. The summed E-state index contributed by atoms with van der Waals surface area (Å²) in [7, 11) is 0.